The van der Waals surface area contributed by atoms with E-state index in [0.29, 0.717) is 13.1 Å². The Balaban J connectivity index is 1.73. The van der Waals surface area contributed by atoms with E-state index in [9.17, 15) is 17.6 Å². The number of rotatable bonds is 6. The zero-order valence-corrected chi connectivity index (χ0v) is 19.7. The van der Waals surface area contributed by atoms with Gasteiger partial charge in [-0.1, -0.05) is 54.1 Å². The molecule has 0 spiro atoms. The number of hydrogen-bond donors (Lipinski definition) is 0. The van der Waals surface area contributed by atoms with Crippen LogP contribution in [-0.2, 0) is 10.0 Å². The van der Waals surface area contributed by atoms with Crippen molar-refractivity contribution in [3.05, 3.63) is 100 Å². The lowest BCUT2D eigenvalue weighted by Gasteiger charge is -2.30. The Bertz CT molecular complexity index is 1240. The molecule has 1 aliphatic rings. The summed E-state index contributed by atoms with van der Waals surface area (Å²) in [6.45, 7) is 0.934. The third-order valence-corrected chi connectivity index (χ3v) is 8.10. The van der Waals surface area contributed by atoms with Gasteiger partial charge in [-0.15, -0.1) is 0 Å². The summed E-state index contributed by atoms with van der Waals surface area (Å²) >= 11 is 6.36. The number of carbonyl (C=O) groups excluding carboxylic acids is 1. The molecule has 1 amide bonds. The van der Waals surface area contributed by atoms with Crippen LogP contribution < -0.4 is 0 Å². The van der Waals surface area contributed by atoms with Gasteiger partial charge in [-0.05, 0) is 54.3 Å². The summed E-state index contributed by atoms with van der Waals surface area (Å²) < 4.78 is 41.0. The van der Waals surface area contributed by atoms with Crippen molar-refractivity contribution >= 4 is 27.5 Å². The van der Waals surface area contributed by atoms with Crippen molar-refractivity contribution in [1.29, 1.82) is 0 Å². The number of carbonyl (C=O) groups is 1. The predicted molar refractivity (Wildman–Crippen MR) is 126 cm³/mol. The average Bonchev–Trinajstić information content (AvgIpc) is 3.37. The molecule has 0 radical (unpaired) electrons. The molecule has 0 aromatic heterocycles. The minimum absolute atomic E-state index is 0.0450. The van der Waals surface area contributed by atoms with Crippen molar-refractivity contribution in [3.8, 4) is 0 Å². The first-order chi connectivity index (χ1) is 15.8. The smallest absolute Gasteiger partial charge is 0.255 e. The van der Waals surface area contributed by atoms with Gasteiger partial charge in [-0.25, -0.2) is 12.8 Å². The summed E-state index contributed by atoms with van der Waals surface area (Å²) in [5, 5.41) is 0.165. The molecule has 172 valence electrons. The molecule has 33 heavy (non-hydrogen) atoms. The summed E-state index contributed by atoms with van der Waals surface area (Å²) in [5.74, 6) is -0.806. The first kappa shape index (κ1) is 23.4. The van der Waals surface area contributed by atoms with Gasteiger partial charge < -0.3 is 4.90 Å². The van der Waals surface area contributed by atoms with Crippen LogP contribution in [0.5, 0.6) is 0 Å². The van der Waals surface area contributed by atoms with Gasteiger partial charge >= 0.3 is 0 Å². The number of sulfonamides is 1. The molecular formula is C25H24ClFN2O3S. The predicted octanol–water partition coefficient (Wildman–Crippen LogP) is 5.13. The monoisotopic (exact) mass is 486 g/mol. The maximum absolute atomic E-state index is 13.6. The summed E-state index contributed by atoms with van der Waals surface area (Å²) in [6.07, 6.45) is 1.63. The molecule has 1 unspecified atom stereocenters. The summed E-state index contributed by atoms with van der Waals surface area (Å²) in [5.41, 5.74) is 1.65. The largest absolute Gasteiger partial charge is 0.331 e. The number of halogens is 2. The third-order valence-electron chi connectivity index (χ3n) is 5.88. The minimum atomic E-state index is -3.70. The highest BCUT2D eigenvalue weighted by Gasteiger charge is 2.30. The second-order valence-corrected chi connectivity index (χ2v) is 10.4. The van der Waals surface area contributed by atoms with Gasteiger partial charge in [0.25, 0.3) is 5.91 Å². The fourth-order valence-electron chi connectivity index (χ4n) is 4.13. The van der Waals surface area contributed by atoms with Crippen LogP contribution in [0.3, 0.4) is 0 Å². The first-order valence-corrected chi connectivity index (χ1v) is 12.5. The van der Waals surface area contributed by atoms with Gasteiger partial charge in [-0.2, -0.15) is 4.31 Å². The number of nitrogens with zero attached hydrogens (tertiary/aromatic N) is 2. The molecule has 0 saturated carbocycles. The van der Waals surface area contributed by atoms with Crippen LogP contribution in [0.2, 0.25) is 5.02 Å². The van der Waals surface area contributed by atoms with E-state index in [2.05, 4.69) is 0 Å². The molecule has 3 aromatic rings. The first-order valence-electron chi connectivity index (χ1n) is 10.7. The van der Waals surface area contributed by atoms with Crippen molar-refractivity contribution in [2.75, 3.05) is 20.1 Å². The number of benzene rings is 3. The second-order valence-electron chi connectivity index (χ2n) is 8.03. The molecule has 0 bridgehead atoms. The molecular weight excluding hydrogens is 463 g/mol. The van der Waals surface area contributed by atoms with E-state index in [1.807, 2.05) is 30.3 Å². The van der Waals surface area contributed by atoms with Crippen LogP contribution in [0.25, 0.3) is 0 Å². The maximum Gasteiger partial charge on any atom is 0.255 e. The third kappa shape index (κ3) is 4.81. The fraction of sp³-hybridized carbons (Fsp3) is 0.240. The van der Waals surface area contributed by atoms with Gasteiger partial charge in [0.1, 0.15) is 5.82 Å². The molecule has 8 heteroatoms. The molecule has 1 aliphatic heterocycles. The molecule has 0 N–H and O–H groups in total. The van der Waals surface area contributed by atoms with Crippen molar-refractivity contribution in [3.63, 3.8) is 0 Å². The Morgan fingerprint density at radius 2 is 1.58 bits per heavy atom. The van der Waals surface area contributed by atoms with E-state index in [1.54, 1.807) is 19.2 Å². The van der Waals surface area contributed by atoms with E-state index in [1.165, 1.54) is 39.5 Å². The summed E-state index contributed by atoms with van der Waals surface area (Å²) in [7, 11) is -2.08. The van der Waals surface area contributed by atoms with Crippen molar-refractivity contribution in [2.24, 2.45) is 0 Å². The van der Waals surface area contributed by atoms with Crippen molar-refractivity contribution in [2.45, 2.75) is 23.8 Å². The number of hydrogen-bond acceptors (Lipinski definition) is 3. The molecule has 1 atom stereocenters. The highest BCUT2D eigenvalue weighted by Crippen LogP contribution is 2.32. The van der Waals surface area contributed by atoms with Gasteiger partial charge in [0.2, 0.25) is 10.0 Å². The minimum Gasteiger partial charge on any atom is -0.331 e. The van der Waals surface area contributed by atoms with Crippen LogP contribution in [0.1, 0.15) is 40.4 Å². The van der Waals surface area contributed by atoms with Crippen LogP contribution in [0, 0.1) is 5.82 Å². The number of amides is 1. The molecule has 1 heterocycles. The Morgan fingerprint density at radius 3 is 2.21 bits per heavy atom. The summed E-state index contributed by atoms with van der Waals surface area (Å²) in [4.78, 5) is 15.1. The Morgan fingerprint density at radius 1 is 0.970 bits per heavy atom. The van der Waals surface area contributed by atoms with Crippen molar-refractivity contribution in [1.82, 2.24) is 9.21 Å². The maximum atomic E-state index is 13.6. The molecule has 0 aliphatic carbocycles. The second kappa shape index (κ2) is 9.63. The highest BCUT2D eigenvalue weighted by molar-refractivity contribution is 7.89. The SMILES string of the molecule is CN(C(=O)c1cc(S(=O)(=O)N2CCCC2)ccc1Cl)C(c1ccccc1)c1ccc(F)cc1. The van der Waals surface area contributed by atoms with Gasteiger partial charge in [0, 0.05) is 20.1 Å². The van der Waals surface area contributed by atoms with E-state index in [0.717, 1.165) is 24.0 Å². The zero-order valence-electron chi connectivity index (χ0n) is 18.1. The molecule has 3 aromatic carbocycles. The van der Waals surface area contributed by atoms with E-state index in [4.69, 9.17) is 11.6 Å². The van der Waals surface area contributed by atoms with E-state index < -0.39 is 22.0 Å². The topological polar surface area (TPSA) is 57.7 Å². The zero-order chi connectivity index (χ0) is 23.6. The highest BCUT2D eigenvalue weighted by atomic mass is 35.5. The van der Waals surface area contributed by atoms with Crippen LogP contribution in [-0.4, -0.2) is 43.7 Å². The van der Waals surface area contributed by atoms with Crippen LogP contribution >= 0.6 is 11.6 Å². The Labute approximate surface area is 198 Å². The van der Waals surface area contributed by atoms with Gasteiger partial charge in [-0.3, -0.25) is 4.79 Å². The molecule has 5 nitrogen and oxygen atoms in total. The van der Waals surface area contributed by atoms with E-state index in [-0.39, 0.29) is 21.3 Å². The lowest BCUT2D eigenvalue weighted by Crippen LogP contribution is -2.33. The van der Waals surface area contributed by atoms with E-state index >= 15 is 0 Å². The van der Waals surface area contributed by atoms with Gasteiger partial charge in [0.05, 0.1) is 21.5 Å². The van der Waals surface area contributed by atoms with Crippen molar-refractivity contribution < 1.29 is 17.6 Å². The lowest BCUT2D eigenvalue weighted by molar-refractivity contribution is 0.0755. The lowest BCUT2D eigenvalue weighted by atomic mass is 9.96. The molecule has 4 rings (SSSR count). The quantitative estimate of drug-likeness (QED) is 0.485. The summed E-state index contributed by atoms with van der Waals surface area (Å²) in [6, 6.07) is 19.0. The Kier molecular flexibility index (Phi) is 6.83. The fourth-order valence-corrected chi connectivity index (χ4v) is 5.88. The average molecular weight is 487 g/mol. The molecule has 1 saturated heterocycles. The van der Waals surface area contributed by atoms with Crippen LogP contribution in [0.4, 0.5) is 4.39 Å². The molecule has 1 fully saturated rings. The van der Waals surface area contributed by atoms with Gasteiger partial charge in [0.15, 0.2) is 0 Å². The standard InChI is InChI=1S/C25H24ClFN2O3S/c1-28(24(18-7-3-2-4-8-18)19-9-11-20(27)12-10-19)25(30)22-17-21(13-14-23(22)26)33(31,32)29-15-5-6-16-29/h2-4,7-14,17,24H,5-6,15-16H2,1H3. The normalized spacial score (nSPS) is 15.4. The Hall–Kier alpha value is -2.74. The van der Waals surface area contributed by atoms with Crippen LogP contribution in [0.15, 0.2) is 77.7 Å².